The molecule has 0 bridgehead atoms. The molecule has 0 amide bonds. The second-order valence-electron chi connectivity index (χ2n) is 12.1. The van der Waals surface area contributed by atoms with Crippen LogP contribution in [0.2, 0.25) is 0 Å². The van der Waals surface area contributed by atoms with Gasteiger partial charge in [-0.25, -0.2) is 0 Å². The van der Waals surface area contributed by atoms with Gasteiger partial charge in [-0.2, -0.15) is 0 Å². The lowest BCUT2D eigenvalue weighted by Gasteiger charge is -2.10. The molecular formula is C43H25NO2. The molecule has 10 rings (SSSR count). The Morgan fingerprint density at radius 3 is 1.63 bits per heavy atom. The third-order valence-corrected chi connectivity index (χ3v) is 9.52. The number of nitrogens with zero attached hydrogens (tertiary/aromatic N) is 1. The summed E-state index contributed by atoms with van der Waals surface area (Å²) in [5.41, 5.74) is 11.6. The van der Waals surface area contributed by atoms with Gasteiger partial charge in [-0.15, -0.1) is 0 Å². The van der Waals surface area contributed by atoms with Crippen LogP contribution in [-0.2, 0) is 0 Å². The Morgan fingerprint density at radius 1 is 0.370 bits per heavy atom. The predicted molar refractivity (Wildman–Crippen MR) is 191 cm³/mol. The molecule has 7 aromatic carbocycles. The Kier molecular flexibility index (Phi) is 5.15. The van der Waals surface area contributed by atoms with Gasteiger partial charge in [-0.05, 0) is 81.9 Å². The maximum absolute atomic E-state index is 13.3. The van der Waals surface area contributed by atoms with Crippen LogP contribution in [-0.4, -0.2) is 4.40 Å². The molecule has 46 heavy (non-hydrogen) atoms. The van der Waals surface area contributed by atoms with E-state index in [0.29, 0.717) is 21.9 Å². The number of aromatic nitrogens is 1. The van der Waals surface area contributed by atoms with Crippen molar-refractivity contribution in [2.45, 2.75) is 0 Å². The molecule has 0 aliphatic heterocycles. The van der Waals surface area contributed by atoms with E-state index in [-0.39, 0.29) is 5.43 Å². The molecule has 0 fully saturated rings. The lowest BCUT2D eigenvalue weighted by Crippen LogP contribution is -2.01. The highest BCUT2D eigenvalue weighted by molar-refractivity contribution is 6.23. The van der Waals surface area contributed by atoms with Gasteiger partial charge in [-0.1, -0.05) is 103 Å². The first-order valence-corrected chi connectivity index (χ1v) is 15.6. The molecule has 0 spiro atoms. The van der Waals surface area contributed by atoms with Crippen LogP contribution in [0.15, 0.2) is 161 Å². The first kappa shape index (κ1) is 25.2. The number of fused-ring (bicyclic) bond motifs is 8. The fraction of sp³-hybridized carbons (Fsp3) is 0. The Balaban J connectivity index is 1.08. The summed E-state index contributed by atoms with van der Waals surface area (Å²) in [7, 11) is 0. The van der Waals surface area contributed by atoms with Gasteiger partial charge in [0, 0.05) is 21.5 Å². The highest BCUT2D eigenvalue weighted by Crippen LogP contribution is 2.40. The average Bonchev–Trinajstić information content (AvgIpc) is 3.64. The second kappa shape index (κ2) is 9.40. The Bertz CT molecular complexity index is 2890. The molecule has 0 saturated heterocycles. The molecule has 214 valence electrons. The largest absolute Gasteiger partial charge is 0.456 e. The van der Waals surface area contributed by atoms with Crippen molar-refractivity contribution < 1.29 is 4.42 Å². The molecule has 0 aliphatic carbocycles. The van der Waals surface area contributed by atoms with E-state index in [2.05, 4.69) is 114 Å². The van der Waals surface area contributed by atoms with Gasteiger partial charge >= 0.3 is 0 Å². The zero-order chi connectivity index (χ0) is 30.4. The maximum atomic E-state index is 13.3. The lowest BCUT2D eigenvalue weighted by atomic mass is 9.95. The molecule has 0 aliphatic rings. The van der Waals surface area contributed by atoms with E-state index in [1.165, 1.54) is 49.2 Å². The minimum Gasteiger partial charge on any atom is -0.456 e. The molecule has 3 heterocycles. The second-order valence-corrected chi connectivity index (χ2v) is 12.1. The SMILES string of the molecule is O=c1c2ccccc2oc2ccc(-c3cccc(-c4cccc(-c5ccc6c7cccc8c9ccccc9n(c6c5)c87)c4)c3)cc12. The third kappa shape index (κ3) is 3.57. The quantitative estimate of drug-likeness (QED) is 0.193. The molecule has 0 saturated carbocycles. The smallest absolute Gasteiger partial charge is 0.200 e. The first-order valence-electron chi connectivity index (χ1n) is 15.6. The summed E-state index contributed by atoms with van der Waals surface area (Å²) in [6.07, 6.45) is 0. The van der Waals surface area contributed by atoms with Gasteiger partial charge in [0.2, 0.25) is 5.43 Å². The van der Waals surface area contributed by atoms with Crippen molar-refractivity contribution in [1.29, 1.82) is 0 Å². The van der Waals surface area contributed by atoms with Gasteiger partial charge in [-0.3, -0.25) is 4.79 Å². The molecular weight excluding hydrogens is 562 g/mol. The van der Waals surface area contributed by atoms with E-state index in [0.717, 1.165) is 22.3 Å². The summed E-state index contributed by atoms with van der Waals surface area (Å²) in [6.45, 7) is 0. The highest BCUT2D eigenvalue weighted by atomic mass is 16.3. The normalized spacial score (nSPS) is 12.0. The highest BCUT2D eigenvalue weighted by Gasteiger charge is 2.17. The van der Waals surface area contributed by atoms with Crippen LogP contribution in [0, 0.1) is 0 Å². The first-order chi connectivity index (χ1) is 22.7. The van der Waals surface area contributed by atoms with E-state index in [1.54, 1.807) is 0 Å². The summed E-state index contributed by atoms with van der Waals surface area (Å²) < 4.78 is 8.47. The van der Waals surface area contributed by atoms with E-state index in [9.17, 15) is 4.79 Å². The van der Waals surface area contributed by atoms with Crippen molar-refractivity contribution in [1.82, 2.24) is 4.40 Å². The van der Waals surface area contributed by atoms with Gasteiger partial charge < -0.3 is 8.82 Å². The fourth-order valence-electron chi connectivity index (χ4n) is 7.35. The molecule has 0 unspecified atom stereocenters. The van der Waals surface area contributed by atoms with Gasteiger partial charge in [0.15, 0.2) is 0 Å². The lowest BCUT2D eigenvalue weighted by molar-refractivity contribution is 0.660. The van der Waals surface area contributed by atoms with Crippen LogP contribution in [0.3, 0.4) is 0 Å². The Hall–Kier alpha value is -6.19. The van der Waals surface area contributed by atoms with Crippen molar-refractivity contribution in [2.75, 3.05) is 0 Å². The standard InChI is InChI=1S/C43H25NO2/c45-43-36-13-2-4-17-40(36)46-41-21-19-30(24-37(41)43)28-10-5-8-26(22-28)27-9-6-11-29(23-27)31-18-20-33-35-15-7-14-34-32-12-1-3-16-38(32)44(42(34)35)39(33)25-31/h1-25H. The molecule has 10 aromatic rings. The molecule has 3 aromatic heterocycles. The molecule has 0 radical (unpaired) electrons. The summed E-state index contributed by atoms with van der Waals surface area (Å²) in [5, 5.41) is 6.35. The molecule has 3 nitrogen and oxygen atoms in total. The average molecular weight is 588 g/mol. The summed E-state index contributed by atoms with van der Waals surface area (Å²) >= 11 is 0. The summed E-state index contributed by atoms with van der Waals surface area (Å²) in [4.78, 5) is 13.3. The zero-order valence-electron chi connectivity index (χ0n) is 24.7. The Labute approximate surface area is 263 Å². The predicted octanol–water partition coefficient (Wildman–Crippen LogP) is 11.1. The Morgan fingerprint density at radius 2 is 0.891 bits per heavy atom. The molecule has 3 heteroatoms. The van der Waals surface area contributed by atoms with E-state index in [4.69, 9.17) is 4.42 Å². The number of benzene rings is 7. The molecule has 0 N–H and O–H groups in total. The number of para-hydroxylation sites is 3. The topological polar surface area (TPSA) is 34.6 Å². The van der Waals surface area contributed by atoms with Gasteiger partial charge in [0.05, 0.1) is 27.3 Å². The van der Waals surface area contributed by atoms with Gasteiger partial charge in [0.1, 0.15) is 11.2 Å². The maximum Gasteiger partial charge on any atom is 0.200 e. The van der Waals surface area contributed by atoms with Crippen LogP contribution >= 0.6 is 0 Å². The van der Waals surface area contributed by atoms with Crippen LogP contribution in [0.25, 0.3) is 93.4 Å². The van der Waals surface area contributed by atoms with E-state index in [1.807, 2.05) is 42.5 Å². The van der Waals surface area contributed by atoms with E-state index >= 15 is 0 Å². The fourth-order valence-corrected chi connectivity index (χ4v) is 7.35. The minimum absolute atomic E-state index is 0.00589. The van der Waals surface area contributed by atoms with Crippen molar-refractivity contribution in [3.63, 3.8) is 0 Å². The van der Waals surface area contributed by atoms with Crippen molar-refractivity contribution >= 4 is 60.0 Å². The number of rotatable bonds is 3. The summed E-state index contributed by atoms with van der Waals surface area (Å²) in [6, 6.07) is 52.8. The van der Waals surface area contributed by atoms with Crippen molar-refractivity contribution in [3.05, 3.63) is 162 Å². The van der Waals surface area contributed by atoms with Crippen LogP contribution < -0.4 is 5.43 Å². The molecule has 0 atom stereocenters. The third-order valence-electron chi connectivity index (χ3n) is 9.52. The van der Waals surface area contributed by atoms with Crippen LogP contribution in [0.4, 0.5) is 0 Å². The summed E-state index contributed by atoms with van der Waals surface area (Å²) in [5.74, 6) is 0. The number of hydrogen-bond acceptors (Lipinski definition) is 2. The van der Waals surface area contributed by atoms with Crippen LogP contribution in [0.5, 0.6) is 0 Å². The minimum atomic E-state index is -0.00589. The van der Waals surface area contributed by atoms with Gasteiger partial charge in [0.25, 0.3) is 0 Å². The van der Waals surface area contributed by atoms with Crippen molar-refractivity contribution in [3.8, 4) is 33.4 Å². The zero-order valence-corrected chi connectivity index (χ0v) is 24.7. The number of hydrogen-bond donors (Lipinski definition) is 0. The van der Waals surface area contributed by atoms with E-state index < -0.39 is 0 Å². The monoisotopic (exact) mass is 587 g/mol. The van der Waals surface area contributed by atoms with Crippen LogP contribution in [0.1, 0.15) is 0 Å². The van der Waals surface area contributed by atoms with Crippen molar-refractivity contribution in [2.24, 2.45) is 0 Å².